The summed E-state index contributed by atoms with van der Waals surface area (Å²) in [5.41, 5.74) is 0.258. The van der Waals surface area contributed by atoms with Crippen LogP contribution in [0, 0.1) is 5.82 Å². The highest BCUT2D eigenvalue weighted by molar-refractivity contribution is 7.98. The van der Waals surface area contributed by atoms with Crippen LogP contribution in [0.15, 0.2) is 64.4 Å². The molecule has 1 amide bonds. The molecule has 1 saturated heterocycles. The van der Waals surface area contributed by atoms with E-state index in [2.05, 4.69) is 0 Å². The molecule has 0 saturated carbocycles. The number of piperidine rings is 1. The lowest BCUT2D eigenvalue weighted by atomic mass is 9.65. The first-order chi connectivity index (χ1) is 16.4. The third kappa shape index (κ3) is 2.89. The fourth-order valence-electron chi connectivity index (χ4n) is 5.49. The molecule has 0 bridgehead atoms. The number of thioether (sulfide) groups is 1. The molecule has 170 valence electrons. The second-order valence-electron chi connectivity index (χ2n) is 8.89. The summed E-state index contributed by atoms with van der Waals surface area (Å²) in [7, 11) is 7.43. The zero-order valence-corrected chi connectivity index (χ0v) is 19.1. The van der Waals surface area contributed by atoms with Gasteiger partial charge in [-0.25, -0.2) is 4.39 Å². The van der Waals surface area contributed by atoms with Crippen LogP contribution < -0.4 is 10.4 Å². The van der Waals surface area contributed by atoms with Crippen molar-refractivity contribution in [3.05, 3.63) is 93.2 Å². The Hall–Kier alpha value is -3.20. The number of carbonyl (C=O) groups is 1. The van der Waals surface area contributed by atoms with Gasteiger partial charge in [0.15, 0.2) is 11.4 Å². The molecule has 6 nitrogen and oxygen atoms in total. The Morgan fingerprint density at radius 3 is 2.76 bits per heavy atom. The van der Waals surface area contributed by atoms with Gasteiger partial charge in [0.25, 0.3) is 5.91 Å². The van der Waals surface area contributed by atoms with E-state index in [1.54, 1.807) is 22.7 Å². The van der Waals surface area contributed by atoms with Gasteiger partial charge in [0.2, 0.25) is 5.43 Å². The number of hydrogen-bond acceptors (Lipinski definition) is 5. The molecule has 0 spiro atoms. The first-order valence-corrected chi connectivity index (χ1v) is 12.2. The number of amides is 1. The molecule has 3 aromatic rings. The topological polar surface area (TPSA) is 65.8 Å². The van der Waals surface area contributed by atoms with Crippen LogP contribution in [-0.2, 0) is 11.2 Å². The van der Waals surface area contributed by atoms with E-state index < -0.39 is 28.7 Å². The largest absolute Gasteiger partial charge is 0.502 e. The Morgan fingerprint density at radius 1 is 1.09 bits per heavy atom. The minimum Gasteiger partial charge on any atom is -0.502 e. The summed E-state index contributed by atoms with van der Waals surface area (Å²) in [6, 6.07) is 13.6. The molecule has 4 heterocycles. The average Bonchev–Trinajstić information content (AvgIpc) is 2.96. The maximum atomic E-state index is 14.3. The lowest BCUT2D eigenvalue weighted by Gasteiger charge is -2.56. The maximum Gasteiger partial charge on any atom is 0.278 e. The molecule has 0 aliphatic carbocycles. The van der Waals surface area contributed by atoms with Crippen LogP contribution in [0.2, 0.25) is 0 Å². The fourth-order valence-corrected chi connectivity index (χ4v) is 6.60. The number of rotatable bonds is 1. The van der Waals surface area contributed by atoms with Crippen molar-refractivity contribution in [3.8, 4) is 5.75 Å². The van der Waals surface area contributed by atoms with Crippen LogP contribution in [-0.4, -0.2) is 41.1 Å². The number of pyridine rings is 1. The van der Waals surface area contributed by atoms with E-state index >= 15 is 0 Å². The summed E-state index contributed by atoms with van der Waals surface area (Å²) in [4.78, 5) is 28.4. The quantitative estimate of drug-likeness (QED) is 0.550. The molecule has 2 radical (unpaired) electrons. The normalized spacial score (nSPS) is 23.4. The Kier molecular flexibility index (Phi) is 4.81. The van der Waals surface area contributed by atoms with Gasteiger partial charge in [0.05, 0.1) is 5.44 Å². The van der Waals surface area contributed by atoms with Gasteiger partial charge < -0.3 is 10.0 Å². The zero-order valence-electron chi connectivity index (χ0n) is 18.3. The van der Waals surface area contributed by atoms with Crippen molar-refractivity contribution in [2.75, 3.05) is 11.6 Å². The molecule has 3 aliphatic rings. The van der Waals surface area contributed by atoms with E-state index in [0.29, 0.717) is 18.7 Å². The molecule has 3 aliphatic heterocycles. The summed E-state index contributed by atoms with van der Waals surface area (Å²) >= 11 is 1.58. The lowest BCUT2D eigenvalue weighted by Crippen LogP contribution is -2.69. The molecule has 1 N–H and O–H groups in total. The summed E-state index contributed by atoms with van der Waals surface area (Å²) in [6.07, 6.45) is 3.48. The minimum atomic E-state index is -1.31. The lowest BCUT2D eigenvalue weighted by molar-refractivity contribution is 0.0447. The van der Waals surface area contributed by atoms with Crippen LogP contribution >= 0.6 is 11.8 Å². The third-order valence-corrected chi connectivity index (χ3v) is 8.15. The Balaban J connectivity index is 1.71. The van der Waals surface area contributed by atoms with Crippen molar-refractivity contribution in [3.63, 3.8) is 0 Å². The molecule has 9 heteroatoms. The van der Waals surface area contributed by atoms with Crippen LogP contribution in [0.5, 0.6) is 5.75 Å². The number of nitrogens with zero attached hydrogens (tertiary/aromatic N) is 3. The average molecular weight is 473 g/mol. The second-order valence-corrected chi connectivity index (χ2v) is 9.91. The SMILES string of the molecule is [B][C@@]1(N2[C@@H]3CCCCN3C(=O)c3c(O)c(=O)ccn32)c2ccc(F)cc2CSc2ccccc21. The van der Waals surface area contributed by atoms with Crippen molar-refractivity contribution in [1.29, 1.82) is 0 Å². The first-order valence-electron chi connectivity index (χ1n) is 11.3. The molecule has 1 aromatic heterocycles. The predicted octanol–water partition coefficient (Wildman–Crippen LogP) is 3.27. The highest BCUT2D eigenvalue weighted by atomic mass is 32.2. The fraction of sp³-hybridized carbons (Fsp3) is 0.280. The van der Waals surface area contributed by atoms with E-state index in [4.69, 9.17) is 7.85 Å². The molecule has 0 unspecified atom stereocenters. The van der Waals surface area contributed by atoms with Gasteiger partial charge >= 0.3 is 0 Å². The van der Waals surface area contributed by atoms with Gasteiger partial charge in [0, 0.05) is 29.5 Å². The molecular weight excluding hydrogens is 452 g/mol. The van der Waals surface area contributed by atoms with E-state index in [1.165, 1.54) is 29.1 Å². The molecule has 2 aromatic carbocycles. The second kappa shape index (κ2) is 7.66. The number of fused-ring (bicyclic) bond motifs is 4. The Morgan fingerprint density at radius 2 is 1.91 bits per heavy atom. The number of carbonyl (C=O) groups excluding carboxylic acids is 1. The third-order valence-electron chi connectivity index (χ3n) is 7.02. The standard InChI is InChI=1S/C25H21BFN3O3S/c26-25(17-9-8-16(27)13-15(17)14-34-20-6-2-1-5-18(20)25)30-21-7-3-4-11-28(21)24(33)22-23(32)19(31)10-12-29(22)30/h1-2,5-6,8-10,12-13,21,32H,3-4,7,11,14H2/t21-,25-/m1/s1. The smallest absolute Gasteiger partial charge is 0.278 e. The number of halogens is 1. The summed E-state index contributed by atoms with van der Waals surface area (Å²) < 4.78 is 15.9. The van der Waals surface area contributed by atoms with Gasteiger partial charge in [-0.2, -0.15) is 0 Å². The number of benzene rings is 2. The van der Waals surface area contributed by atoms with Gasteiger partial charge in [-0.1, -0.05) is 24.3 Å². The van der Waals surface area contributed by atoms with Gasteiger partial charge in [-0.3, -0.25) is 19.3 Å². The first kappa shape index (κ1) is 21.3. The number of hydrogen-bond donors (Lipinski definition) is 1. The molecule has 2 atom stereocenters. The van der Waals surface area contributed by atoms with Crippen LogP contribution in [0.1, 0.15) is 46.4 Å². The summed E-state index contributed by atoms with van der Waals surface area (Å²) in [5.74, 6) is -0.800. The van der Waals surface area contributed by atoms with Gasteiger partial charge in [0.1, 0.15) is 19.8 Å². The maximum absolute atomic E-state index is 14.3. The molecule has 1 fully saturated rings. The van der Waals surface area contributed by atoms with Crippen molar-refractivity contribution in [1.82, 2.24) is 9.58 Å². The van der Waals surface area contributed by atoms with Crippen molar-refractivity contribution >= 4 is 25.5 Å². The Labute approximate surface area is 201 Å². The van der Waals surface area contributed by atoms with Gasteiger partial charge in [-0.05, 0) is 54.2 Å². The van der Waals surface area contributed by atoms with Crippen LogP contribution in [0.25, 0.3) is 0 Å². The van der Waals surface area contributed by atoms with Crippen molar-refractivity contribution in [2.45, 2.75) is 41.5 Å². The van der Waals surface area contributed by atoms with Crippen molar-refractivity contribution < 1.29 is 14.3 Å². The van der Waals surface area contributed by atoms with Crippen molar-refractivity contribution in [2.24, 2.45) is 0 Å². The highest BCUT2D eigenvalue weighted by Crippen LogP contribution is 2.47. The molecule has 34 heavy (non-hydrogen) atoms. The van der Waals surface area contributed by atoms with Gasteiger partial charge in [-0.15, -0.1) is 11.8 Å². The van der Waals surface area contributed by atoms with E-state index in [-0.39, 0.29) is 11.5 Å². The summed E-state index contributed by atoms with van der Waals surface area (Å²) in [6.45, 7) is 0.491. The van der Waals surface area contributed by atoms with E-state index in [1.807, 2.05) is 29.3 Å². The number of aromatic nitrogens is 1. The number of aromatic hydroxyl groups is 1. The zero-order chi connectivity index (χ0) is 23.6. The Bertz CT molecular complexity index is 1400. The molecule has 6 rings (SSSR count). The minimum absolute atomic E-state index is 0.103. The van der Waals surface area contributed by atoms with E-state index in [0.717, 1.165) is 34.4 Å². The van der Waals surface area contributed by atoms with Crippen LogP contribution in [0.3, 0.4) is 0 Å². The molecular formula is C25H21BFN3O3S. The van der Waals surface area contributed by atoms with Crippen LogP contribution in [0.4, 0.5) is 4.39 Å². The summed E-state index contributed by atoms with van der Waals surface area (Å²) in [5, 5.41) is 12.6. The highest BCUT2D eigenvalue weighted by Gasteiger charge is 2.50. The van der Waals surface area contributed by atoms with E-state index in [9.17, 15) is 19.1 Å². The predicted molar refractivity (Wildman–Crippen MR) is 128 cm³/mol. The monoisotopic (exact) mass is 473 g/mol.